The fourth-order valence-corrected chi connectivity index (χ4v) is 7.09. The minimum Gasteiger partial charge on any atom is -0.493 e. The minimum absolute atomic E-state index is 0.0178. The molecule has 1 heterocycles. The molecule has 0 bridgehead atoms. The van der Waals surface area contributed by atoms with Gasteiger partial charge in [0.1, 0.15) is 5.70 Å². The summed E-state index contributed by atoms with van der Waals surface area (Å²) in [5.41, 5.74) is 4.38. The Kier molecular flexibility index (Phi) is 12.7. The van der Waals surface area contributed by atoms with E-state index < -0.39 is 17.1 Å². The van der Waals surface area contributed by atoms with Gasteiger partial charge in [0, 0.05) is 26.6 Å². The Balaban J connectivity index is 1.34. The monoisotopic (exact) mass is 736 g/mol. The van der Waals surface area contributed by atoms with Crippen molar-refractivity contribution < 1.29 is 28.6 Å². The molecule has 3 amide bonds. The average molecular weight is 737 g/mol. The van der Waals surface area contributed by atoms with Crippen molar-refractivity contribution in [3.05, 3.63) is 118 Å². The third-order valence-corrected chi connectivity index (χ3v) is 10.2. The second-order valence-corrected chi connectivity index (χ2v) is 14.1. The van der Waals surface area contributed by atoms with Crippen molar-refractivity contribution in [3.63, 3.8) is 0 Å². The molecule has 0 saturated heterocycles. The molecule has 5 aromatic rings. The Morgan fingerprint density at radius 2 is 1.54 bits per heavy atom. The van der Waals surface area contributed by atoms with Crippen LogP contribution in [0.15, 0.2) is 102 Å². The normalized spacial score (nSPS) is 11.7. The van der Waals surface area contributed by atoms with Gasteiger partial charge in [0.25, 0.3) is 11.8 Å². The van der Waals surface area contributed by atoms with Crippen LogP contribution in [0.3, 0.4) is 0 Å². The summed E-state index contributed by atoms with van der Waals surface area (Å²) in [6.45, 7) is 5.98. The number of hydrogen-bond acceptors (Lipinski definition) is 9. The van der Waals surface area contributed by atoms with Crippen LogP contribution < -0.4 is 30.2 Å². The first-order chi connectivity index (χ1) is 25.1. The van der Waals surface area contributed by atoms with E-state index in [4.69, 9.17) is 19.2 Å². The van der Waals surface area contributed by atoms with Gasteiger partial charge < -0.3 is 30.2 Å². The van der Waals surface area contributed by atoms with Crippen molar-refractivity contribution in [2.24, 2.45) is 0 Å². The maximum absolute atomic E-state index is 13.8. The van der Waals surface area contributed by atoms with Crippen LogP contribution >= 0.6 is 23.1 Å². The third kappa shape index (κ3) is 9.39. The van der Waals surface area contributed by atoms with Gasteiger partial charge in [-0.1, -0.05) is 61.0 Å². The molecule has 10 nitrogen and oxygen atoms in total. The van der Waals surface area contributed by atoms with Gasteiger partial charge in [0.05, 0.1) is 32.3 Å². The quantitative estimate of drug-likeness (QED) is 0.0767. The highest BCUT2D eigenvalue weighted by molar-refractivity contribution is 8.00. The van der Waals surface area contributed by atoms with E-state index in [1.54, 1.807) is 60.7 Å². The average Bonchev–Trinajstić information content (AvgIpc) is 3.52. The van der Waals surface area contributed by atoms with E-state index >= 15 is 0 Å². The van der Waals surface area contributed by atoms with Crippen LogP contribution in [0.5, 0.6) is 17.2 Å². The van der Waals surface area contributed by atoms with Crippen molar-refractivity contribution in [2.75, 3.05) is 32.0 Å². The number of ether oxygens (including phenoxy) is 3. The molecule has 52 heavy (non-hydrogen) atoms. The van der Waals surface area contributed by atoms with Crippen LogP contribution in [0, 0.1) is 13.8 Å². The number of anilines is 2. The highest BCUT2D eigenvalue weighted by atomic mass is 32.2. The van der Waals surface area contributed by atoms with E-state index in [9.17, 15) is 14.4 Å². The lowest BCUT2D eigenvalue weighted by atomic mass is 10.1. The maximum Gasteiger partial charge on any atom is 0.272 e. The lowest BCUT2D eigenvalue weighted by Crippen LogP contribution is -2.30. The summed E-state index contributed by atoms with van der Waals surface area (Å²) in [7, 11) is 4.49. The Morgan fingerprint density at radius 3 is 2.17 bits per heavy atom. The summed E-state index contributed by atoms with van der Waals surface area (Å²) in [6, 6.07) is 27.3. The Morgan fingerprint density at radius 1 is 0.846 bits per heavy atom. The van der Waals surface area contributed by atoms with E-state index in [-0.39, 0.29) is 11.6 Å². The van der Waals surface area contributed by atoms with E-state index in [0.29, 0.717) is 45.6 Å². The number of thiazole rings is 1. The van der Waals surface area contributed by atoms with Crippen molar-refractivity contribution >= 4 is 57.7 Å². The molecule has 3 N–H and O–H groups in total. The molecule has 0 aliphatic heterocycles. The molecule has 4 aromatic carbocycles. The molecular formula is C40H40N4O6S2. The zero-order valence-electron chi connectivity index (χ0n) is 29.7. The van der Waals surface area contributed by atoms with Crippen molar-refractivity contribution in [2.45, 2.75) is 37.3 Å². The first-order valence-electron chi connectivity index (χ1n) is 16.4. The topological polar surface area (TPSA) is 128 Å². The molecule has 0 spiro atoms. The highest BCUT2D eigenvalue weighted by Gasteiger charge is 2.22. The van der Waals surface area contributed by atoms with Gasteiger partial charge in [-0.15, -0.1) is 23.1 Å². The fraction of sp³-hybridized carbons (Fsp3) is 0.200. The van der Waals surface area contributed by atoms with Gasteiger partial charge in [-0.05, 0) is 74.4 Å². The van der Waals surface area contributed by atoms with Crippen molar-refractivity contribution in [1.29, 1.82) is 0 Å². The Bertz CT molecular complexity index is 2050. The number of methoxy groups -OCH3 is 3. The summed E-state index contributed by atoms with van der Waals surface area (Å²) in [4.78, 5) is 46.9. The predicted octanol–water partition coefficient (Wildman–Crippen LogP) is 8.37. The smallest absolute Gasteiger partial charge is 0.272 e. The number of carbonyl (C=O) groups is 3. The highest BCUT2D eigenvalue weighted by Crippen LogP contribution is 2.39. The van der Waals surface area contributed by atoms with Crippen LogP contribution in [-0.4, -0.2) is 49.3 Å². The first kappa shape index (κ1) is 37.7. The first-order valence-corrected chi connectivity index (χ1v) is 18.1. The molecular weight excluding hydrogens is 697 g/mol. The molecule has 0 fully saturated rings. The van der Waals surface area contributed by atoms with Crippen LogP contribution in [0.25, 0.3) is 17.3 Å². The predicted molar refractivity (Wildman–Crippen MR) is 209 cm³/mol. The number of nitrogens with one attached hydrogen (secondary N) is 3. The zero-order valence-corrected chi connectivity index (χ0v) is 31.4. The van der Waals surface area contributed by atoms with Crippen LogP contribution in [0.1, 0.15) is 39.7 Å². The number of nitrogens with zero attached hydrogens (tertiary/aromatic N) is 1. The molecule has 1 unspecified atom stereocenters. The number of rotatable bonds is 14. The molecule has 12 heteroatoms. The molecule has 1 aromatic heterocycles. The molecule has 0 aliphatic rings. The molecule has 0 saturated carbocycles. The summed E-state index contributed by atoms with van der Waals surface area (Å²) in [5.74, 6) is -0.0178. The van der Waals surface area contributed by atoms with Crippen LogP contribution in [-0.2, 0) is 9.59 Å². The van der Waals surface area contributed by atoms with E-state index in [0.717, 1.165) is 21.0 Å². The summed E-state index contributed by atoms with van der Waals surface area (Å²) in [5, 5.41) is 8.77. The summed E-state index contributed by atoms with van der Waals surface area (Å²) < 4.78 is 16.4. The minimum atomic E-state index is -0.562. The Hall–Kier alpha value is -5.59. The molecule has 0 aliphatic carbocycles. The zero-order chi connectivity index (χ0) is 37.2. The number of thioether (sulfide) groups is 1. The number of hydrogen-bond donors (Lipinski definition) is 3. The second kappa shape index (κ2) is 17.6. The van der Waals surface area contributed by atoms with Crippen LogP contribution in [0.4, 0.5) is 10.8 Å². The lowest BCUT2D eigenvalue weighted by molar-refractivity contribution is -0.116. The van der Waals surface area contributed by atoms with E-state index in [2.05, 4.69) is 16.0 Å². The van der Waals surface area contributed by atoms with Crippen molar-refractivity contribution in [1.82, 2.24) is 10.3 Å². The number of aryl methyl sites for hydroxylation is 2. The standard InChI is InChI=1S/C40H40N4O6S2/c1-7-34(39(47)44-40-43-35(25(3)51-40)27-18-16-24(2)17-19-27)52-30-15-11-14-29(23-30)41-38(46)31(42-37(45)28-12-9-8-10-13-28)20-26-21-32(48-4)36(50-6)33(22-26)49-5/h8-23,34H,7H2,1-6H3,(H,41,46)(H,42,45)(H,43,44,47)/b31-20+. The fourth-order valence-electron chi connectivity index (χ4n) is 5.24. The molecule has 268 valence electrons. The second-order valence-electron chi connectivity index (χ2n) is 11.6. The largest absolute Gasteiger partial charge is 0.493 e. The van der Waals surface area contributed by atoms with Gasteiger partial charge in [0.2, 0.25) is 11.7 Å². The van der Waals surface area contributed by atoms with Crippen molar-refractivity contribution in [3.8, 4) is 28.5 Å². The number of amides is 3. The number of carbonyl (C=O) groups excluding carboxylic acids is 3. The van der Waals surface area contributed by atoms with Gasteiger partial charge >= 0.3 is 0 Å². The lowest BCUT2D eigenvalue weighted by Gasteiger charge is -2.16. The molecule has 0 radical (unpaired) electrons. The van der Waals surface area contributed by atoms with E-state index in [1.807, 2.05) is 51.1 Å². The molecule has 5 rings (SSSR count). The third-order valence-electron chi connectivity index (χ3n) is 7.91. The number of benzene rings is 4. The van der Waals surface area contributed by atoms with Gasteiger partial charge in [-0.25, -0.2) is 4.98 Å². The SMILES string of the molecule is CCC(Sc1cccc(NC(=O)/C(=C\c2cc(OC)c(OC)c(OC)c2)NC(=O)c2ccccc2)c1)C(=O)Nc1nc(-c2ccc(C)cc2)c(C)s1. The van der Waals surface area contributed by atoms with Gasteiger partial charge in [-0.2, -0.15) is 0 Å². The van der Waals surface area contributed by atoms with Gasteiger partial charge in [-0.3, -0.25) is 14.4 Å². The van der Waals surface area contributed by atoms with Gasteiger partial charge in [0.15, 0.2) is 16.6 Å². The maximum atomic E-state index is 13.8. The summed E-state index contributed by atoms with van der Waals surface area (Å²) in [6.07, 6.45) is 2.09. The number of aromatic nitrogens is 1. The Labute approximate surface area is 311 Å². The molecule has 1 atom stereocenters. The van der Waals surface area contributed by atoms with E-state index in [1.165, 1.54) is 56.1 Å². The van der Waals surface area contributed by atoms with Crippen LogP contribution in [0.2, 0.25) is 0 Å². The summed E-state index contributed by atoms with van der Waals surface area (Å²) >= 11 is 2.83.